The first-order valence-electron chi connectivity index (χ1n) is 24.9. The molecule has 2 aliphatic heterocycles. The molecule has 10 fully saturated rings. The van der Waals surface area contributed by atoms with Crippen molar-refractivity contribution in [1.82, 2.24) is 9.80 Å². The SMILES string of the molecule is COC(=O)CC1CC2(CCN(C(=O)OC3C4CC5CC(C4)CC3C5)CC2)c2ccccc21.O=C(O)CC1CC2(CCN(C(=O)OC3C4CC5CC(C4)CC3C5)CC2)c2ccccc21.[Li+].[OH-]. The van der Waals surface area contributed by atoms with Gasteiger partial charge in [0.15, 0.2) is 0 Å². The molecule has 2 heterocycles. The first kappa shape index (κ1) is 46.6. The van der Waals surface area contributed by atoms with Crippen molar-refractivity contribution >= 4 is 24.1 Å². The van der Waals surface area contributed by atoms with Crippen molar-refractivity contribution in [3.8, 4) is 0 Å². The number of fused-ring (bicyclic) bond motifs is 4. The topological polar surface area (TPSA) is 153 Å². The number of carboxylic acid groups (broad SMARTS) is 1. The van der Waals surface area contributed by atoms with Crippen LogP contribution in [0.5, 0.6) is 0 Å². The van der Waals surface area contributed by atoms with Gasteiger partial charge in [0.1, 0.15) is 12.2 Å². The summed E-state index contributed by atoms with van der Waals surface area (Å²) in [5.74, 6) is 5.37. The smallest absolute Gasteiger partial charge is 0.870 e. The van der Waals surface area contributed by atoms with E-state index in [0.717, 1.165) is 75.3 Å². The Morgan fingerprint density at radius 2 is 0.923 bits per heavy atom. The van der Waals surface area contributed by atoms with Crippen LogP contribution in [0.15, 0.2) is 48.5 Å². The molecule has 2 atom stereocenters. The Kier molecular flexibility index (Phi) is 13.3. The van der Waals surface area contributed by atoms with Gasteiger partial charge in [0, 0.05) is 26.2 Å². The standard InChI is InChI=1S/C27H35NO4.C26H33NO4.Li.H2O/c1-31-24(29)15-21-16-27(23-5-3-2-4-22(21)23)6-8-28(9-7-27)26(30)32-25-19-11-17-10-18(13-19)14-20(25)12-17;28-23(29)14-20-15-26(22-4-2-1-3-21(20)22)5-7-27(8-6-26)25(30)31-24-18-10-16-9-17(12-18)13-19(24)11-16;;/h2-5,17-21,25H,6-16H2,1H3;1-4,16-20,24H,5-15H2,(H,28,29);;1H2/q;;+1;/p-1. The Balaban J connectivity index is 0.000000159. The molecule has 2 amide bonds. The zero-order chi connectivity index (χ0) is 43.0. The number of rotatable bonds is 6. The van der Waals surface area contributed by atoms with Gasteiger partial charge in [-0.2, -0.15) is 0 Å². The first-order valence-corrected chi connectivity index (χ1v) is 24.9. The van der Waals surface area contributed by atoms with E-state index in [4.69, 9.17) is 14.2 Å². The van der Waals surface area contributed by atoms with Crippen LogP contribution in [-0.2, 0) is 34.6 Å². The van der Waals surface area contributed by atoms with Gasteiger partial charge in [-0.25, -0.2) is 9.59 Å². The predicted molar refractivity (Wildman–Crippen MR) is 238 cm³/mol. The Bertz CT molecular complexity index is 2040. The second kappa shape index (κ2) is 18.5. The molecule has 2 spiro atoms. The number of benzene rings is 2. The Hall–Kier alpha value is -3.52. The largest absolute Gasteiger partial charge is 1.00 e. The summed E-state index contributed by atoms with van der Waals surface area (Å²) in [5, 5.41) is 9.37. The summed E-state index contributed by atoms with van der Waals surface area (Å²) in [4.78, 5) is 53.5. The third-order valence-electron chi connectivity index (χ3n) is 19.0. The average molecular weight is 885 g/mol. The third kappa shape index (κ3) is 8.67. The molecule has 2 aromatic rings. The Morgan fingerprint density at radius 3 is 1.28 bits per heavy atom. The van der Waals surface area contributed by atoms with Gasteiger partial charge in [0.2, 0.25) is 0 Å². The maximum absolute atomic E-state index is 13.1. The number of carbonyl (C=O) groups excluding carboxylic acids is 3. The van der Waals surface area contributed by atoms with E-state index in [-0.39, 0.29) is 83.8 Å². The summed E-state index contributed by atoms with van der Waals surface area (Å²) in [6.45, 7) is 2.90. The van der Waals surface area contributed by atoms with Crippen molar-refractivity contribution in [2.45, 2.75) is 150 Å². The molecule has 2 aromatic carbocycles. The van der Waals surface area contributed by atoms with Gasteiger partial charge in [-0.15, -0.1) is 0 Å². The van der Waals surface area contributed by atoms with E-state index in [1.165, 1.54) is 93.6 Å². The van der Waals surface area contributed by atoms with Gasteiger partial charge in [-0.3, -0.25) is 9.59 Å². The fourth-order valence-electron chi connectivity index (χ4n) is 16.6. The van der Waals surface area contributed by atoms with Crippen LogP contribution < -0.4 is 18.9 Å². The van der Waals surface area contributed by atoms with E-state index < -0.39 is 5.97 Å². The number of methoxy groups -OCH3 is 1. The molecule has 65 heavy (non-hydrogen) atoms. The van der Waals surface area contributed by atoms with Crippen molar-refractivity contribution < 1.29 is 62.8 Å². The molecule has 346 valence electrons. The van der Waals surface area contributed by atoms with Crippen LogP contribution in [0.2, 0.25) is 0 Å². The number of piperidine rings is 2. The zero-order valence-corrected chi connectivity index (χ0v) is 38.7. The second-order valence-corrected chi connectivity index (χ2v) is 22.4. The van der Waals surface area contributed by atoms with Crippen molar-refractivity contribution in [3.05, 3.63) is 70.8 Å². The number of hydrogen-bond donors (Lipinski definition) is 1. The van der Waals surface area contributed by atoms with E-state index in [1.54, 1.807) is 0 Å². The fraction of sp³-hybridized carbons (Fsp3) is 0.698. The van der Waals surface area contributed by atoms with Crippen LogP contribution in [0.25, 0.3) is 0 Å². The number of hydrogen-bond acceptors (Lipinski definition) is 8. The number of ether oxygens (including phenoxy) is 3. The Morgan fingerprint density at radius 1 is 0.569 bits per heavy atom. The van der Waals surface area contributed by atoms with Crippen LogP contribution in [0.1, 0.15) is 150 Å². The van der Waals surface area contributed by atoms with E-state index >= 15 is 0 Å². The molecule has 0 radical (unpaired) electrons. The van der Waals surface area contributed by atoms with Crippen LogP contribution in [-0.4, -0.2) is 90.0 Å². The van der Waals surface area contributed by atoms with Gasteiger partial charge in [-0.1, -0.05) is 48.5 Å². The van der Waals surface area contributed by atoms with Crippen molar-refractivity contribution in [3.63, 3.8) is 0 Å². The molecular weight excluding hydrogens is 816 g/mol. The summed E-state index contributed by atoms with van der Waals surface area (Å²) >= 11 is 0. The van der Waals surface area contributed by atoms with Crippen LogP contribution in [0.3, 0.4) is 0 Å². The molecule has 12 heteroatoms. The number of nitrogens with zero attached hydrogens (tertiary/aromatic N) is 2. The summed E-state index contributed by atoms with van der Waals surface area (Å²) < 4.78 is 17.3. The Labute approximate surface area is 396 Å². The van der Waals surface area contributed by atoms with E-state index in [2.05, 4.69) is 42.5 Å². The number of esters is 1. The van der Waals surface area contributed by atoms with Crippen molar-refractivity contribution in [2.24, 2.45) is 47.3 Å². The molecule has 2 saturated heterocycles. The van der Waals surface area contributed by atoms with Gasteiger partial charge in [0.25, 0.3) is 0 Å². The number of aliphatic carboxylic acids is 1. The van der Waals surface area contributed by atoms with Gasteiger partial charge < -0.3 is 34.6 Å². The second-order valence-electron chi connectivity index (χ2n) is 22.4. The quantitative estimate of drug-likeness (QED) is 0.188. The molecule has 14 rings (SSSR count). The van der Waals surface area contributed by atoms with Gasteiger partial charge >= 0.3 is 43.0 Å². The van der Waals surface area contributed by atoms with E-state index in [1.807, 2.05) is 15.9 Å². The molecular formula is C53H69LiN2O9. The fourth-order valence-corrected chi connectivity index (χ4v) is 16.6. The third-order valence-corrected chi connectivity index (χ3v) is 19.0. The normalized spacial score (nSPS) is 35.5. The first-order chi connectivity index (χ1) is 30.5. The number of carbonyl (C=O) groups is 4. The molecule has 0 aromatic heterocycles. The van der Waals surface area contributed by atoms with Gasteiger partial charge in [-0.05, 0) is 195 Å². The molecule has 11 nitrogen and oxygen atoms in total. The maximum atomic E-state index is 13.1. The summed E-state index contributed by atoms with van der Waals surface area (Å²) in [5.41, 5.74) is 5.26. The number of likely N-dealkylation sites (tertiary alicyclic amines) is 2. The van der Waals surface area contributed by atoms with Gasteiger partial charge in [0.05, 0.1) is 20.0 Å². The minimum atomic E-state index is -0.728. The van der Waals surface area contributed by atoms with Crippen molar-refractivity contribution in [1.29, 1.82) is 0 Å². The number of amides is 2. The molecule has 10 aliphatic carbocycles. The zero-order valence-electron chi connectivity index (χ0n) is 38.7. The summed E-state index contributed by atoms with van der Waals surface area (Å²) in [7, 11) is 1.46. The average Bonchev–Trinajstić information content (AvgIpc) is 3.73. The van der Waals surface area contributed by atoms with Crippen molar-refractivity contribution in [2.75, 3.05) is 33.3 Å². The van der Waals surface area contributed by atoms with E-state index in [0.29, 0.717) is 43.2 Å². The molecule has 12 aliphatic rings. The summed E-state index contributed by atoms with van der Waals surface area (Å²) in [6.07, 6.45) is 19.2. The van der Waals surface area contributed by atoms with Crippen LogP contribution >= 0.6 is 0 Å². The minimum Gasteiger partial charge on any atom is -0.870 e. The minimum absolute atomic E-state index is 0. The number of carboxylic acids is 1. The molecule has 8 saturated carbocycles. The predicted octanol–water partition coefficient (Wildman–Crippen LogP) is 6.80. The van der Waals surface area contributed by atoms with E-state index in [9.17, 15) is 24.3 Å². The van der Waals surface area contributed by atoms with Crippen LogP contribution in [0.4, 0.5) is 9.59 Å². The van der Waals surface area contributed by atoms with Crippen LogP contribution in [0, 0.1) is 47.3 Å². The molecule has 2 unspecified atom stereocenters. The molecule has 2 N–H and O–H groups in total. The molecule has 8 bridgehead atoms. The monoisotopic (exact) mass is 885 g/mol. The summed E-state index contributed by atoms with van der Waals surface area (Å²) in [6, 6.07) is 16.9. The maximum Gasteiger partial charge on any atom is 1.00 e.